The Morgan fingerprint density at radius 3 is 2.84 bits per heavy atom. The largest absolute Gasteiger partial charge is 0.486 e. The number of oxazole rings is 1. The highest BCUT2D eigenvalue weighted by molar-refractivity contribution is 5.51. The molecule has 0 saturated carbocycles. The Bertz CT molecular complexity index is 841. The van der Waals surface area contributed by atoms with E-state index in [9.17, 15) is 0 Å². The van der Waals surface area contributed by atoms with E-state index in [4.69, 9.17) is 18.3 Å². The van der Waals surface area contributed by atoms with Crippen molar-refractivity contribution < 1.29 is 18.3 Å². The van der Waals surface area contributed by atoms with Crippen molar-refractivity contribution in [3.05, 3.63) is 54.3 Å². The first-order valence-corrected chi connectivity index (χ1v) is 8.25. The van der Waals surface area contributed by atoms with Crippen LogP contribution in [0.5, 0.6) is 11.5 Å². The van der Waals surface area contributed by atoms with Crippen LogP contribution in [0.2, 0.25) is 0 Å². The van der Waals surface area contributed by atoms with E-state index in [1.165, 1.54) is 0 Å². The summed E-state index contributed by atoms with van der Waals surface area (Å²) in [7, 11) is 2.04. The molecule has 130 valence electrons. The van der Waals surface area contributed by atoms with Gasteiger partial charge >= 0.3 is 0 Å². The maximum Gasteiger partial charge on any atom is 0.229 e. The van der Waals surface area contributed by atoms with Crippen LogP contribution in [0.25, 0.3) is 11.5 Å². The number of rotatable bonds is 5. The molecule has 25 heavy (non-hydrogen) atoms. The van der Waals surface area contributed by atoms with Crippen molar-refractivity contribution in [2.24, 2.45) is 0 Å². The molecule has 0 saturated heterocycles. The number of aryl methyl sites for hydroxylation is 1. The molecule has 2 aromatic heterocycles. The minimum absolute atomic E-state index is 0.0135. The summed E-state index contributed by atoms with van der Waals surface area (Å²) >= 11 is 0. The number of ether oxygens (including phenoxy) is 2. The fourth-order valence-electron chi connectivity index (χ4n) is 2.91. The van der Waals surface area contributed by atoms with Gasteiger partial charge in [-0.15, -0.1) is 0 Å². The van der Waals surface area contributed by atoms with Crippen LogP contribution in [-0.2, 0) is 6.54 Å². The van der Waals surface area contributed by atoms with Crippen molar-refractivity contribution in [2.75, 3.05) is 20.2 Å². The van der Waals surface area contributed by atoms with Gasteiger partial charge in [-0.25, -0.2) is 4.98 Å². The number of hydrogen-bond acceptors (Lipinski definition) is 6. The molecule has 0 spiro atoms. The van der Waals surface area contributed by atoms with E-state index in [-0.39, 0.29) is 6.10 Å². The summed E-state index contributed by atoms with van der Waals surface area (Å²) in [5.41, 5.74) is 1.76. The van der Waals surface area contributed by atoms with E-state index >= 15 is 0 Å². The highest BCUT2D eigenvalue weighted by atomic mass is 16.6. The Labute approximate surface area is 146 Å². The van der Waals surface area contributed by atoms with Crippen LogP contribution >= 0.6 is 0 Å². The van der Waals surface area contributed by atoms with Crippen LogP contribution in [-0.4, -0.2) is 36.2 Å². The van der Waals surface area contributed by atoms with Crippen molar-refractivity contribution in [3.63, 3.8) is 0 Å². The number of furan rings is 1. The van der Waals surface area contributed by atoms with Gasteiger partial charge < -0.3 is 18.3 Å². The summed E-state index contributed by atoms with van der Waals surface area (Å²) in [5.74, 6) is 3.00. The van der Waals surface area contributed by atoms with Crippen LogP contribution in [0.1, 0.15) is 11.5 Å². The summed E-state index contributed by atoms with van der Waals surface area (Å²) < 4.78 is 22.6. The molecule has 1 aliphatic rings. The first-order chi connectivity index (χ1) is 12.2. The first-order valence-electron chi connectivity index (χ1n) is 8.25. The molecule has 0 unspecified atom stereocenters. The van der Waals surface area contributed by atoms with Crippen molar-refractivity contribution in [1.29, 1.82) is 0 Å². The Morgan fingerprint density at radius 1 is 1.20 bits per heavy atom. The summed E-state index contributed by atoms with van der Waals surface area (Å²) in [4.78, 5) is 6.74. The zero-order chi connectivity index (χ0) is 17.2. The Balaban J connectivity index is 1.39. The molecule has 0 N–H and O–H groups in total. The van der Waals surface area contributed by atoms with Crippen molar-refractivity contribution in [3.8, 4) is 23.0 Å². The molecule has 0 aliphatic carbocycles. The standard InChI is InChI=1S/C19H20N2O4/c1-13-16(20-19(24-13)14-7-8-22-11-14)10-21(2)9-15-12-23-17-5-3-4-6-18(17)25-15/h3-8,11,15H,9-10,12H2,1-2H3/t15-/m0/s1. The molecule has 3 heterocycles. The van der Waals surface area contributed by atoms with Crippen LogP contribution < -0.4 is 9.47 Å². The lowest BCUT2D eigenvalue weighted by molar-refractivity contribution is 0.0634. The topological polar surface area (TPSA) is 60.9 Å². The zero-order valence-corrected chi connectivity index (χ0v) is 14.3. The van der Waals surface area contributed by atoms with Gasteiger partial charge in [0.1, 0.15) is 24.7 Å². The fourth-order valence-corrected chi connectivity index (χ4v) is 2.91. The molecule has 1 atom stereocenters. The minimum Gasteiger partial charge on any atom is -0.486 e. The highest BCUT2D eigenvalue weighted by Crippen LogP contribution is 2.31. The average molecular weight is 340 g/mol. The number of likely N-dealkylation sites (N-methyl/N-ethyl adjacent to an activating group) is 1. The van der Waals surface area contributed by atoms with Crippen molar-refractivity contribution in [2.45, 2.75) is 19.6 Å². The summed E-state index contributed by atoms with van der Waals surface area (Å²) in [6.45, 7) is 3.88. The highest BCUT2D eigenvalue weighted by Gasteiger charge is 2.23. The Morgan fingerprint density at radius 2 is 2.04 bits per heavy atom. The zero-order valence-electron chi connectivity index (χ0n) is 14.3. The van der Waals surface area contributed by atoms with E-state index in [0.29, 0.717) is 19.0 Å². The van der Waals surface area contributed by atoms with E-state index in [2.05, 4.69) is 9.88 Å². The van der Waals surface area contributed by atoms with Crippen LogP contribution in [0.3, 0.4) is 0 Å². The van der Waals surface area contributed by atoms with E-state index in [1.807, 2.05) is 44.3 Å². The first kappa shape index (κ1) is 15.8. The third-order valence-corrected chi connectivity index (χ3v) is 4.16. The van der Waals surface area contributed by atoms with Crippen molar-refractivity contribution >= 4 is 0 Å². The number of fused-ring (bicyclic) bond motifs is 1. The molecule has 6 nitrogen and oxygen atoms in total. The molecule has 1 aromatic carbocycles. The molecule has 0 radical (unpaired) electrons. The smallest absolute Gasteiger partial charge is 0.229 e. The second kappa shape index (κ2) is 6.64. The third kappa shape index (κ3) is 3.39. The van der Waals surface area contributed by atoms with E-state index < -0.39 is 0 Å². The normalized spacial score (nSPS) is 16.4. The summed E-state index contributed by atoms with van der Waals surface area (Å²) in [5, 5.41) is 0. The van der Waals surface area contributed by atoms with Gasteiger partial charge in [0.15, 0.2) is 11.5 Å². The van der Waals surface area contributed by atoms with Gasteiger partial charge in [0, 0.05) is 13.1 Å². The van der Waals surface area contributed by atoms with Gasteiger partial charge in [-0.3, -0.25) is 4.90 Å². The maximum atomic E-state index is 6.01. The molecule has 1 aliphatic heterocycles. The number of nitrogens with zero attached hydrogens (tertiary/aromatic N) is 2. The van der Waals surface area contributed by atoms with Gasteiger partial charge in [0.25, 0.3) is 0 Å². The molecule has 6 heteroatoms. The lowest BCUT2D eigenvalue weighted by Crippen LogP contribution is -2.39. The number of benzene rings is 1. The van der Waals surface area contributed by atoms with Crippen LogP contribution in [0.4, 0.5) is 0 Å². The summed E-state index contributed by atoms with van der Waals surface area (Å²) in [6, 6.07) is 9.58. The quantitative estimate of drug-likeness (QED) is 0.708. The lowest BCUT2D eigenvalue weighted by Gasteiger charge is -2.29. The fraction of sp³-hybridized carbons (Fsp3) is 0.316. The van der Waals surface area contributed by atoms with Crippen LogP contribution in [0, 0.1) is 6.92 Å². The number of aromatic nitrogens is 1. The predicted octanol–water partition coefficient (Wildman–Crippen LogP) is 3.51. The van der Waals surface area contributed by atoms with Crippen molar-refractivity contribution in [1.82, 2.24) is 9.88 Å². The lowest BCUT2D eigenvalue weighted by atomic mass is 10.2. The monoisotopic (exact) mass is 340 g/mol. The Hall–Kier alpha value is -2.73. The number of hydrogen-bond donors (Lipinski definition) is 0. The molecular weight excluding hydrogens is 320 g/mol. The average Bonchev–Trinajstić information content (AvgIpc) is 3.25. The molecule has 4 rings (SSSR count). The molecule has 0 fully saturated rings. The SMILES string of the molecule is Cc1oc(-c2ccoc2)nc1CN(C)C[C@H]1COc2ccccc2O1. The van der Waals surface area contributed by atoms with Gasteiger partial charge in [-0.2, -0.15) is 0 Å². The Kier molecular flexibility index (Phi) is 4.19. The van der Waals surface area contributed by atoms with Gasteiger partial charge in [0.05, 0.1) is 17.5 Å². The van der Waals surface area contributed by atoms with Gasteiger partial charge in [-0.1, -0.05) is 12.1 Å². The minimum atomic E-state index is -0.0135. The van der Waals surface area contributed by atoms with Crippen LogP contribution in [0.15, 0.2) is 51.7 Å². The van der Waals surface area contributed by atoms with E-state index in [1.54, 1.807) is 12.5 Å². The summed E-state index contributed by atoms with van der Waals surface area (Å²) in [6.07, 6.45) is 3.22. The third-order valence-electron chi connectivity index (χ3n) is 4.16. The molecule has 3 aromatic rings. The van der Waals surface area contributed by atoms with E-state index in [0.717, 1.165) is 35.1 Å². The predicted molar refractivity (Wildman–Crippen MR) is 91.6 cm³/mol. The second-order valence-electron chi connectivity index (χ2n) is 6.23. The second-order valence-corrected chi connectivity index (χ2v) is 6.23. The maximum absolute atomic E-state index is 6.01. The number of para-hydroxylation sites is 2. The molecule has 0 amide bonds. The van der Waals surface area contributed by atoms with Gasteiger partial charge in [0.2, 0.25) is 5.89 Å². The molecular formula is C19H20N2O4. The molecule has 0 bridgehead atoms. The van der Waals surface area contributed by atoms with Gasteiger partial charge in [-0.05, 0) is 32.2 Å².